The fourth-order valence-electron chi connectivity index (χ4n) is 1.75. The maximum Gasteiger partial charge on any atom is 0.220 e. The Bertz CT molecular complexity index is 387. The van der Waals surface area contributed by atoms with Gasteiger partial charge in [0, 0.05) is 6.42 Å². The van der Waals surface area contributed by atoms with E-state index in [1.54, 1.807) is 7.11 Å². The number of rotatable bonds is 7. The van der Waals surface area contributed by atoms with E-state index in [4.69, 9.17) is 9.84 Å². The van der Waals surface area contributed by atoms with Crippen molar-refractivity contribution in [3.63, 3.8) is 0 Å². The fraction of sp³-hybridized carbons (Fsp3) is 0.533. The number of benzene rings is 1. The van der Waals surface area contributed by atoms with Crippen LogP contribution in [-0.4, -0.2) is 30.8 Å². The number of hydrogen-bond donors (Lipinski definition) is 2. The Labute approximate surface area is 114 Å². The summed E-state index contributed by atoms with van der Waals surface area (Å²) in [5, 5.41) is 12.0. The largest absolute Gasteiger partial charge is 0.497 e. The molecule has 0 bridgehead atoms. The van der Waals surface area contributed by atoms with E-state index in [1.807, 2.05) is 38.1 Å². The lowest BCUT2D eigenvalue weighted by molar-refractivity contribution is -0.122. The van der Waals surface area contributed by atoms with Gasteiger partial charge in [0.05, 0.1) is 19.8 Å². The summed E-state index contributed by atoms with van der Waals surface area (Å²) < 4.78 is 5.08. The van der Waals surface area contributed by atoms with Gasteiger partial charge < -0.3 is 15.2 Å². The number of hydrogen-bond acceptors (Lipinski definition) is 3. The number of nitrogens with one attached hydrogen (secondary N) is 1. The first kappa shape index (κ1) is 15.5. The highest BCUT2D eigenvalue weighted by Crippen LogP contribution is 2.12. The minimum atomic E-state index is -0.164. The van der Waals surface area contributed by atoms with E-state index in [1.165, 1.54) is 0 Å². The van der Waals surface area contributed by atoms with Crippen molar-refractivity contribution in [3.8, 4) is 5.75 Å². The molecule has 0 saturated heterocycles. The van der Waals surface area contributed by atoms with Crippen LogP contribution < -0.4 is 10.1 Å². The SMILES string of the molecule is COc1ccc(CCC(=O)NC(CO)C(C)C)cc1. The second-order valence-corrected chi connectivity index (χ2v) is 4.95. The van der Waals surface area contributed by atoms with Gasteiger partial charge in [0.25, 0.3) is 0 Å². The molecule has 0 radical (unpaired) electrons. The Hall–Kier alpha value is -1.55. The van der Waals surface area contributed by atoms with Crippen molar-refractivity contribution in [2.45, 2.75) is 32.7 Å². The molecular weight excluding hydrogens is 242 g/mol. The highest BCUT2D eigenvalue weighted by molar-refractivity contribution is 5.76. The van der Waals surface area contributed by atoms with E-state index in [-0.39, 0.29) is 24.5 Å². The van der Waals surface area contributed by atoms with Crippen LogP contribution >= 0.6 is 0 Å². The van der Waals surface area contributed by atoms with Crippen LogP contribution in [0.4, 0.5) is 0 Å². The molecule has 1 aromatic carbocycles. The lowest BCUT2D eigenvalue weighted by Crippen LogP contribution is -2.41. The smallest absolute Gasteiger partial charge is 0.220 e. The minimum absolute atomic E-state index is 0.0219. The fourth-order valence-corrected chi connectivity index (χ4v) is 1.75. The van der Waals surface area contributed by atoms with Crippen molar-refractivity contribution in [1.29, 1.82) is 0 Å². The van der Waals surface area contributed by atoms with Crippen molar-refractivity contribution in [3.05, 3.63) is 29.8 Å². The summed E-state index contributed by atoms with van der Waals surface area (Å²) in [6, 6.07) is 7.52. The van der Waals surface area contributed by atoms with Gasteiger partial charge in [-0.2, -0.15) is 0 Å². The van der Waals surface area contributed by atoms with Crippen LogP contribution in [0.2, 0.25) is 0 Å². The monoisotopic (exact) mass is 265 g/mol. The molecule has 0 aliphatic carbocycles. The highest BCUT2D eigenvalue weighted by Gasteiger charge is 2.14. The Balaban J connectivity index is 2.40. The molecular formula is C15H23NO3. The lowest BCUT2D eigenvalue weighted by atomic mass is 10.0. The van der Waals surface area contributed by atoms with Crippen LogP contribution in [0, 0.1) is 5.92 Å². The summed E-state index contributed by atoms with van der Waals surface area (Å²) in [6.45, 7) is 3.93. The Morgan fingerprint density at radius 2 is 1.95 bits per heavy atom. The third-order valence-corrected chi connectivity index (χ3v) is 3.15. The molecule has 1 amide bonds. The van der Waals surface area contributed by atoms with Gasteiger partial charge >= 0.3 is 0 Å². The predicted molar refractivity (Wildman–Crippen MR) is 75.2 cm³/mol. The summed E-state index contributed by atoms with van der Waals surface area (Å²) >= 11 is 0. The third kappa shape index (κ3) is 5.30. The number of carbonyl (C=O) groups excluding carboxylic acids is 1. The molecule has 19 heavy (non-hydrogen) atoms. The Morgan fingerprint density at radius 3 is 2.42 bits per heavy atom. The van der Waals surface area contributed by atoms with Crippen LogP contribution in [0.25, 0.3) is 0 Å². The van der Waals surface area contributed by atoms with Crippen LogP contribution in [0.5, 0.6) is 5.75 Å². The summed E-state index contributed by atoms with van der Waals surface area (Å²) in [6.07, 6.45) is 1.11. The van der Waals surface area contributed by atoms with E-state index >= 15 is 0 Å². The summed E-state index contributed by atoms with van der Waals surface area (Å²) in [5.74, 6) is 1.02. The molecule has 106 valence electrons. The van der Waals surface area contributed by atoms with Crippen molar-refractivity contribution in [2.24, 2.45) is 5.92 Å². The Kier molecular flexibility index (Phi) is 6.36. The molecule has 1 atom stereocenters. The summed E-state index contributed by atoms with van der Waals surface area (Å²) in [4.78, 5) is 11.8. The Morgan fingerprint density at radius 1 is 1.32 bits per heavy atom. The zero-order valence-electron chi connectivity index (χ0n) is 11.8. The predicted octanol–water partition coefficient (Wildman–Crippen LogP) is 1.76. The van der Waals surface area contributed by atoms with Crippen molar-refractivity contribution >= 4 is 5.91 Å². The molecule has 1 rings (SSSR count). The lowest BCUT2D eigenvalue weighted by Gasteiger charge is -2.19. The normalized spacial score (nSPS) is 12.3. The molecule has 0 aliphatic rings. The second kappa shape index (κ2) is 7.79. The first-order chi connectivity index (χ1) is 9.06. The average molecular weight is 265 g/mol. The number of methoxy groups -OCH3 is 1. The number of aliphatic hydroxyl groups excluding tert-OH is 1. The van der Waals surface area contributed by atoms with Gasteiger partial charge in [0.15, 0.2) is 0 Å². The first-order valence-electron chi connectivity index (χ1n) is 6.60. The number of carbonyl (C=O) groups is 1. The van der Waals surface area contributed by atoms with E-state index in [0.29, 0.717) is 12.8 Å². The van der Waals surface area contributed by atoms with Crippen molar-refractivity contribution < 1.29 is 14.6 Å². The molecule has 0 aromatic heterocycles. The van der Waals surface area contributed by atoms with Crippen molar-refractivity contribution in [2.75, 3.05) is 13.7 Å². The molecule has 1 aromatic rings. The number of amides is 1. The van der Waals surface area contributed by atoms with Crippen LogP contribution in [0.1, 0.15) is 25.8 Å². The molecule has 4 nitrogen and oxygen atoms in total. The van der Waals surface area contributed by atoms with Gasteiger partial charge in [-0.05, 0) is 30.0 Å². The van der Waals surface area contributed by atoms with Gasteiger partial charge in [0.2, 0.25) is 5.91 Å². The standard InChI is InChI=1S/C15H23NO3/c1-11(2)14(10-17)16-15(18)9-6-12-4-7-13(19-3)8-5-12/h4-5,7-8,11,14,17H,6,9-10H2,1-3H3,(H,16,18). The number of ether oxygens (including phenoxy) is 1. The van der Waals surface area contributed by atoms with E-state index in [9.17, 15) is 4.79 Å². The molecule has 0 aliphatic heterocycles. The first-order valence-corrected chi connectivity index (χ1v) is 6.60. The molecule has 1 unspecified atom stereocenters. The quantitative estimate of drug-likeness (QED) is 0.790. The van der Waals surface area contributed by atoms with E-state index in [2.05, 4.69) is 5.32 Å². The zero-order chi connectivity index (χ0) is 14.3. The molecule has 0 heterocycles. The van der Waals surface area contributed by atoms with Crippen LogP contribution in [0.3, 0.4) is 0 Å². The zero-order valence-corrected chi connectivity index (χ0v) is 11.8. The van der Waals surface area contributed by atoms with E-state index in [0.717, 1.165) is 11.3 Å². The van der Waals surface area contributed by atoms with Gasteiger partial charge in [-0.1, -0.05) is 26.0 Å². The molecule has 4 heteroatoms. The maximum atomic E-state index is 11.8. The van der Waals surface area contributed by atoms with Gasteiger partial charge in [-0.15, -0.1) is 0 Å². The van der Waals surface area contributed by atoms with Crippen molar-refractivity contribution in [1.82, 2.24) is 5.32 Å². The van der Waals surface area contributed by atoms with Gasteiger partial charge in [-0.25, -0.2) is 0 Å². The summed E-state index contributed by atoms with van der Waals surface area (Å²) in [7, 11) is 1.63. The molecule has 2 N–H and O–H groups in total. The number of aliphatic hydroxyl groups is 1. The third-order valence-electron chi connectivity index (χ3n) is 3.15. The topological polar surface area (TPSA) is 58.6 Å². The molecule has 0 spiro atoms. The van der Waals surface area contributed by atoms with Crippen LogP contribution in [-0.2, 0) is 11.2 Å². The maximum absolute atomic E-state index is 11.8. The minimum Gasteiger partial charge on any atom is -0.497 e. The molecule has 0 saturated carbocycles. The van der Waals surface area contributed by atoms with Crippen LogP contribution in [0.15, 0.2) is 24.3 Å². The second-order valence-electron chi connectivity index (χ2n) is 4.95. The van der Waals surface area contributed by atoms with Gasteiger partial charge in [0.1, 0.15) is 5.75 Å². The average Bonchev–Trinajstić information content (AvgIpc) is 2.42. The summed E-state index contributed by atoms with van der Waals surface area (Å²) in [5.41, 5.74) is 1.10. The van der Waals surface area contributed by atoms with E-state index < -0.39 is 0 Å². The highest BCUT2D eigenvalue weighted by atomic mass is 16.5. The molecule has 0 fully saturated rings. The van der Waals surface area contributed by atoms with Gasteiger partial charge in [-0.3, -0.25) is 4.79 Å². The number of aryl methyl sites for hydroxylation is 1.